The molecule has 3 nitrogen and oxygen atoms in total. The maximum absolute atomic E-state index is 4.10. The number of H-pyrrole nitrogens is 1. The van der Waals surface area contributed by atoms with Crippen LogP contribution in [0.4, 0.5) is 5.69 Å². The first-order chi connectivity index (χ1) is 8.33. The van der Waals surface area contributed by atoms with E-state index in [2.05, 4.69) is 40.6 Å². The molecule has 90 valence electrons. The van der Waals surface area contributed by atoms with Crippen LogP contribution in [0.15, 0.2) is 24.4 Å². The Bertz CT molecular complexity index is 495. The van der Waals surface area contributed by atoms with Crippen molar-refractivity contribution >= 4 is 16.6 Å². The van der Waals surface area contributed by atoms with E-state index in [4.69, 9.17) is 0 Å². The first-order valence-corrected chi connectivity index (χ1v) is 6.51. The summed E-state index contributed by atoms with van der Waals surface area (Å²) in [5.74, 6) is 0.899. The summed E-state index contributed by atoms with van der Waals surface area (Å²) >= 11 is 0. The van der Waals surface area contributed by atoms with E-state index in [1.54, 1.807) is 0 Å². The number of fused-ring (bicyclic) bond motifs is 1. The van der Waals surface area contributed by atoms with Crippen molar-refractivity contribution in [3.05, 3.63) is 24.4 Å². The van der Waals surface area contributed by atoms with Crippen molar-refractivity contribution in [1.82, 2.24) is 10.2 Å². The highest BCUT2D eigenvalue weighted by molar-refractivity contribution is 5.89. The molecule has 0 atom stereocenters. The summed E-state index contributed by atoms with van der Waals surface area (Å²) in [5.41, 5.74) is 2.32. The molecule has 1 heterocycles. The van der Waals surface area contributed by atoms with Crippen molar-refractivity contribution in [3.63, 3.8) is 0 Å². The summed E-state index contributed by atoms with van der Waals surface area (Å²) in [6.07, 6.45) is 7.13. The fourth-order valence-corrected chi connectivity index (χ4v) is 2.71. The van der Waals surface area contributed by atoms with Crippen LogP contribution in [0.1, 0.15) is 32.6 Å². The zero-order valence-electron chi connectivity index (χ0n) is 10.2. The van der Waals surface area contributed by atoms with E-state index in [9.17, 15) is 0 Å². The Morgan fingerprint density at radius 1 is 1.24 bits per heavy atom. The fraction of sp³-hybridized carbons (Fsp3) is 0.500. The third-order valence-corrected chi connectivity index (χ3v) is 3.85. The number of nitrogens with one attached hydrogen (secondary N) is 2. The number of aromatic amines is 1. The lowest BCUT2D eigenvalue weighted by atomic mass is 9.87. The van der Waals surface area contributed by atoms with E-state index >= 15 is 0 Å². The Labute approximate surface area is 102 Å². The standard InChI is InChI=1S/C14H19N3/c1-10-5-7-12(8-6-10)16-13-4-2-3-11-9-15-17-14(11)13/h2-4,9-10,12,16H,5-8H2,1H3,(H,15,17). The van der Waals surface area contributed by atoms with Crippen LogP contribution in [0.3, 0.4) is 0 Å². The smallest absolute Gasteiger partial charge is 0.0881 e. The van der Waals surface area contributed by atoms with Crippen molar-refractivity contribution in [2.75, 3.05) is 5.32 Å². The van der Waals surface area contributed by atoms with Gasteiger partial charge in [-0.05, 0) is 37.7 Å². The quantitative estimate of drug-likeness (QED) is 0.826. The predicted octanol–water partition coefficient (Wildman–Crippen LogP) is 3.55. The van der Waals surface area contributed by atoms with Gasteiger partial charge in [-0.1, -0.05) is 19.1 Å². The fourth-order valence-electron chi connectivity index (χ4n) is 2.71. The number of aromatic nitrogens is 2. The van der Waals surface area contributed by atoms with E-state index in [0.717, 1.165) is 11.4 Å². The van der Waals surface area contributed by atoms with Gasteiger partial charge in [-0.25, -0.2) is 0 Å². The van der Waals surface area contributed by atoms with Crippen LogP contribution in [0, 0.1) is 5.92 Å². The molecule has 0 amide bonds. The van der Waals surface area contributed by atoms with Gasteiger partial charge in [-0.3, -0.25) is 5.10 Å². The van der Waals surface area contributed by atoms with Crippen LogP contribution >= 0.6 is 0 Å². The molecule has 1 saturated carbocycles. The molecule has 2 N–H and O–H groups in total. The molecule has 1 fully saturated rings. The van der Waals surface area contributed by atoms with Crippen molar-refractivity contribution < 1.29 is 0 Å². The number of nitrogens with zero attached hydrogens (tertiary/aromatic N) is 1. The SMILES string of the molecule is CC1CCC(Nc2cccc3cn[nH]c23)CC1. The predicted molar refractivity (Wildman–Crippen MR) is 71.1 cm³/mol. The first kappa shape index (κ1) is 10.6. The number of hydrogen-bond donors (Lipinski definition) is 2. The molecule has 1 aliphatic carbocycles. The van der Waals surface area contributed by atoms with Crippen LogP contribution in [0.5, 0.6) is 0 Å². The van der Waals surface area contributed by atoms with Crippen LogP contribution < -0.4 is 5.32 Å². The highest BCUT2D eigenvalue weighted by Crippen LogP contribution is 2.28. The van der Waals surface area contributed by atoms with Gasteiger partial charge >= 0.3 is 0 Å². The van der Waals surface area contributed by atoms with E-state index in [1.807, 2.05) is 6.20 Å². The van der Waals surface area contributed by atoms with Gasteiger partial charge in [0.25, 0.3) is 0 Å². The minimum absolute atomic E-state index is 0.625. The molecule has 0 unspecified atom stereocenters. The Kier molecular flexibility index (Phi) is 2.75. The zero-order valence-corrected chi connectivity index (χ0v) is 10.2. The molecular formula is C14H19N3. The second-order valence-electron chi connectivity index (χ2n) is 5.24. The number of rotatable bonds is 2. The summed E-state index contributed by atoms with van der Waals surface area (Å²) in [5, 5.41) is 12.0. The Balaban J connectivity index is 1.78. The summed E-state index contributed by atoms with van der Waals surface area (Å²) in [6.45, 7) is 2.35. The zero-order chi connectivity index (χ0) is 11.7. The largest absolute Gasteiger partial charge is 0.381 e. The maximum atomic E-state index is 4.10. The summed E-state index contributed by atoms with van der Waals surface area (Å²) < 4.78 is 0. The molecule has 1 aromatic heterocycles. The second kappa shape index (κ2) is 4.40. The van der Waals surface area contributed by atoms with Gasteiger partial charge in [-0.15, -0.1) is 0 Å². The first-order valence-electron chi connectivity index (χ1n) is 6.51. The molecule has 0 spiro atoms. The molecule has 17 heavy (non-hydrogen) atoms. The molecular weight excluding hydrogens is 210 g/mol. The third-order valence-electron chi connectivity index (χ3n) is 3.85. The van der Waals surface area contributed by atoms with Gasteiger partial charge in [0.2, 0.25) is 0 Å². The van der Waals surface area contributed by atoms with Crippen LogP contribution in [-0.4, -0.2) is 16.2 Å². The molecule has 2 aromatic rings. The van der Waals surface area contributed by atoms with E-state index in [1.165, 1.54) is 36.8 Å². The monoisotopic (exact) mass is 229 g/mol. The molecule has 0 aliphatic heterocycles. The van der Waals surface area contributed by atoms with Crippen LogP contribution in [-0.2, 0) is 0 Å². The molecule has 3 heteroatoms. The van der Waals surface area contributed by atoms with E-state index in [0.29, 0.717) is 6.04 Å². The average molecular weight is 229 g/mol. The highest BCUT2D eigenvalue weighted by Gasteiger charge is 2.18. The third kappa shape index (κ3) is 2.14. The van der Waals surface area contributed by atoms with Crippen LogP contribution in [0.2, 0.25) is 0 Å². The van der Waals surface area contributed by atoms with Crippen molar-refractivity contribution in [2.45, 2.75) is 38.6 Å². The van der Waals surface area contributed by atoms with Crippen molar-refractivity contribution in [2.24, 2.45) is 5.92 Å². The molecule has 1 aliphatic rings. The summed E-state index contributed by atoms with van der Waals surface area (Å²) in [4.78, 5) is 0. The lowest BCUT2D eigenvalue weighted by Gasteiger charge is -2.27. The highest BCUT2D eigenvalue weighted by atomic mass is 15.1. The van der Waals surface area contributed by atoms with Gasteiger partial charge in [0.05, 0.1) is 17.4 Å². The maximum Gasteiger partial charge on any atom is 0.0881 e. The second-order valence-corrected chi connectivity index (χ2v) is 5.24. The van der Waals surface area contributed by atoms with Crippen LogP contribution in [0.25, 0.3) is 10.9 Å². The molecule has 0 radical (unpaired) electrons. The normalized spacial score (nSPS) is 25.0. The van der Waals surface area contributed by atoms with E-state index < -0.39 is 0 Å². The number of anilines is 1. The van der Waals surface area contributed by atoms with Gasteiger partial charge < -0.3 is 5.32 Å². The minimum atomic E-state index is 0.625. The Morgan fingerprint density at radius 2 is 2.06 bits per heavy atom. The van der Waals surface area contributed by atoms with E-state index in [-0.39, 0.29) is 0 Å². The van der Waals surface area contributed by atoms with Crippen molar-refractivity contribution in [3.8, 4) is 0 Å². The molecule has 0 saturated heterocycles. The Hall–Kier alpha value is -1.51. The number of para-hydroxylation sites is 1. The number of benzene rings is 1. The lowest BCUT2D eigenvalue weighted by Crippen LogP contribution is -2.25. The van der Waals surface area contributed by atoms with Gasteiger partial charge in [0.1, 0.15) is 0 Å². The average Bonchev–Trinajstić information content (AvgIpc) is 2.81. The lowest BCUT2D eigenvalue weighted by molar-refractivity contribution is 0.361. The van der Waals surface area contributed by atoms with Gasteiger partial charge in [-0.2, -0.15) is 5.10 Å². The van der Waals surface area contributed by atoms with Gasteiger partial charge in [0, 0.05) is 11.4 Å². The Morgan fingerprint density at radius 3 is 2.88 bits per heavy atom. The minimum Gasteiger partial charge on any atom is -0.381 e. The number of hydrogen-bond acceptors (Lipinski definition) is 2. The van der Waals surface area contributed by atoms with Gasteiger partial charge in [0.15, 0.2) is 0 Å². The summed E-state index contributed by atoms with van der Waals surface area (Å²) in [6, 6.07) is 6.94. The molecule has 0 bridgehead atoms. The molecule has 1 aromatic carbocycles. The molecule has 3 rings (SSSR count). The van der Waals surface area contributed by atoms with Crippen molar-refractivity contribution in [1.29, 1.82) is 0 Å². The topological polar surface area (TPSA) is 40.7 Å². The summed E-state index contributed by atoms with van der Waals surface area (Å²) in [7, 11) is 0.